The average molecular weight is 358 g/mol. The third-order valence-corrected chi connectivity index (χ3v) is 4.34. The lowest BCUT2D eigenvalue weighted by Gasteiger charge is -2.05. The van der Waals surface area contributed by atoms with Gasteiger partial charge < -0.3 is 20.4 Å². The number of ether oxygens (including phenoxy) is 1. The van der Waals surface area contributed by atoms with Crippen molar-refractivity contribution in [1.29, 1.82) is 0 Å². The molecule has 3 N–H and O–H groups in total. The molecule has 0 atom stereocenters. The van der Waals surface area contributed by atoms with Gasteiger partial charge in [-0.1, -0.05) is 0 Å². The van der Waals surface area contributed by atoms with E-state index in [1.807, 2.05) is 12.3 Å². The van der Waals surface area contributed by atoms with Crippen molar-refractivity contribution in [3.05, 3.63) is 41.0 Å². The normalized spacial score (nSPS) is 10.6. The largest absolute Gasteiger partial charge is 0.462 e. The fourth-order valence-electron chi connectivity index (χ4n) is 2.48. The molecule has 0 aliphatic heterocycles. The molecule has 0 fully saturated rings. The highest BCUT2D eigenvalue weighted by Gasteiger charge is 2.14. The monoisotopic (exact) mass is 358 g/mol. The smallest absolute Gasteiger partial charge is 0.338 e. The number of esters is 1. The molecule has 0 saturated carbocycles. The summed E-state index contributed by atoms with van der Waals surface area (Å²) < 4.78 is 5.02. The minimum Gasteiger partial charge on any atom is -0.462 e. The lowest BCUT2D eigenvalue weighted by molar-refractivity contribution is -0.114. The second kappa shape index (κ2) is 7.35. The van der Waals surface area contributed by atoms with Gasteiger partial charge in [-0.15, -0.1) is 11.3 Å². The van der Waals surface area contributed by atoms with Crippen LogP contribution in [0.4, 0.5) is 10.9 Å². The Balaban J connectivity index is 1.75. The van der Waals surface area contributed by atoms with Crippen molar-refractivity contribution in [2.45, 2.75) is 13.8 Å². The average Bonchev–Trinajstić information content (AvgIpc) is 3.22. The summed E-state index contributed by atoms with van der Waals surface area (Å²) in [6.07, 6.45) is 1.67. The number of thiazole rings is 1. The number of hydrogen-bond donors (Lipinski definition) is 3. The number of nitrogens with one attached hydrogen (secondary N) is 3. The highest BCUT2D eigenvalue weighted by atomic mass is 32.1. The van der Waals surface area contributed by atoms with E-state index in [9.17, 15) is 9.59 Å². The number of carbonyl (C=O) groups excluding carboxylic acids is 2. The number of H-pyrrole nitrogens is 1. The summed E-state index contributed by atoms with van der Waals surface area (Å²) in [7, 11) is 0. The molecule has 0 saturated heterocycles. The summed E-state index contributed by atoms with van der Waals surface area (Å²) in [6, 6.07) is 5.26. The van der Waals surface area contributed by atoms with E-state index in [2.05, 4.69) is 20.6 Å². The molecule has 2 aromatic heterocycles. The Morgan fingerprint density at radius 1 is 1.32 bits per heavy atom. The summed E-state index contributed by atoms with van der Waals surface area (Å²) in [5.41, 5.74) is 1.35. The molecule has 3 rings (SSSR count). The van der Waals surface area contributed by atoms with Crippen LogP contribution in [0.25, 0.3) is 10.8 Å². The van der Waals surface area contributed by atoms with Gasteiger partial charge in [-0.2, -0.15) is 0 Å². The van der Waals surface area contributed by atoms with Crippen molar-refractivity contribution in [2.75, 3.05) is 23.8 Å². The highest BCUT2D eigenvalue weighted by Crippen LogP contribution is 2.27. The Bertz CT molecular complexity index is 902. The van der Waals surface area contributed by atoms with Crippen molar-refractivity contribution in [3.63, 3.8) is 0 Å². The number of hydrogen-bond acceptors (Lipinski definition) is 6. The predicted octanol–water partition coefficient (Wildman–Crippen LogP) is 3.16. The van der Waals surface area contributed by atoms with Gasteiger partial charge in [0.15, 0.2) is 5.13 Å². The highest BCUT2D eigenvalue weighted by molar-refractivity contribution is 7.13. The quantitative estimate of drug-likeness (QED) is 0.588. The molecule has 0 radical (unpaired) electrons. The molecular formula is C17H18N4O3S. The van der Waals surface area contributed by atoms with Gasteiger partial charge in [0, 0.05) is 28.0 Å². The molecule has 0 bridgehead atoms. The number of fused-ring (bicyclic) bond motifs is 1. The number of amides is 1. The van der Waals surface area contributed by atoms with Crippen molar-refractivity contribution in [1.82, 2.24) is 9.97 Å². The Hall–Kier alpha value is -2.87. The second-order valence-corrected chi connectivity index (χ2v) is 6.24. The van der Waals surface area contributed by atoms with E-state index in [0.717, 1.165) is 16.5 Å². The van der Waals surface area contributed by atoms with Crippen LogP contribution in [0.1, 0.15) is 23.0 Å². The number of nitrogens with zero attached hydrogens (tertiary/aromatic N) is 1. The topological polar surface area (TPSA) is 96.1 Å². The van der Waals surface area contributed by atoms with E-state index in [4.69, 9.17) is 4.74 Å². The number of rotatable bonds is 6. The van der Waals surface area contributed by atoms with Crippen molar-refractivity contribution < 1.29 is 14.3 Å². The molecule has 3 aromatic rings. The van der Waals surface area contributed by atoms with Crippen molar-refractivity contribution in [2.24, 2.45) is 0 Å². The van der Waals surface area contributed by atoms with Crippen LogP contribution >= 0.6 is 11.3 Å². The fourth-order valence-corrected chi connectivity index (χ4v) is 3.01. The van der Waals surface area contributed by atoms with Crippen LogP contribution in [-0.2, 0) is 9.53 Å². The molecule has 25 heavy (non-hydrogen) atoms. The maximum Gasteiger partial charge on any atom is 0.338 e. The standard InChI is InChI=1S/C17H18N4O3S/c1-3-24-16(23)11-4-5-12-13(8-11)10(2)20-15(12)21-14(22)9-19-17-18-6-7-25-17/h4-8,20H,3,9H2,1-2H3,(H,18,19)(H,21,22). The Labute approximate surface area is 148 Å². The van der Waals surface area contributed by atoms with Gasteiger partial charge in [-0.25, -0.2) is 9.78 Å². The van der Waals surface area contributed by atoms with Gasteiger partial charge in [0.25, 0.3) is 0 Å². The lowest BCUT2D eigenvalue weighted by atomic mass is 10.1. The van der Waals surface area contributed by atoms with Gasteiger partial charge in [0.2, 0.25) is 5.91 Å². The lowest BCUT2D eigenvalue weighted by Crippen LogP contribution is -2.21. The molecule has 1 amide bonds. The van der Waals surface area contributed by atoms with E-state index in [0.29, 0.717) is 23.1 Å². The maximum absolute atomic E-state index is 12.1. The third-order valence-electron chi connectivity index (χ3n) is 3.61. The molecule has 8 heteroatoms. The van der Waals surface area contributed by atoms with Gasteiger partial charge >= 0.3 is 5.97 Å². The summed E-state index contributed by atoms with van der Waals surface area (Å²) in [5.74, 6) is 0.0601. The van der Waals surface area contributed by atoms with Crippen LogP contribution in [0.5, 0.6) is 0 Å². The van der Waals surface area contributed by atoms with Crippen LogP contribution < -0.4 is 10.6 Å². The van der Waals surface area contributed by atoms with Crippen LogP contribution in [0.2, 0.25) is 0 Å². The van der Waals surface area contributed by atoms with E-state index < -0.39 is 0 Å². The first-order chi connectivity index (χ1) is 12.1. The Morgan fingerprint density at radius 2 is 2.16 bits per heavy atom. The molecule has 0 aliphatic carbocycles. The SMILES string of the molecule is CCOC(=O)c1ccc2c(NC(=O)CNc3nccs3)[nH]c(C)c2c1. The zero-order chi connectivity index (χ0) is 17.8. The summed E-state index contributed by atoms with van der Waals surface area (Å²) in [4.78, 5) is 31.2. The minimum absolute atomic E-state index is 0.119. The fraction of sp³-hybridized carbons (Fsp3) is 0.235. The number of aromatic amines is 1. The van der Waals surface area contributed by atoms with Crippen molar-refractivity contribution >= 4 is 44.9 Å². The number of aryl methyl sites for hydroxylation is 1. The first kappa shape index (κ1) is 17.0. The van der Waals surface area contributed by atoms with Crippen LogP contribution in [0, 0.1) is 6.92 Å². The molecule has 0 aliphatic rings. The van der Waals surface area contributed by atoms with Crippen LogP contribution in [0.3, 0.4) is 0 Å². The third kappa shape index (κ3) is 3.80. The Kier molecular flexibility index (Phi) is 4.99. The molecule has 7 nitrogen and oxygen atoms in total. The van der Waals surface area contributed by atoms with E-state index in [1.54, 1.807) is 31.3 Å². The van der Waals surface area contributed by atoms with Gasteiger partial charge in [0.05, 0.1) is 18.7 Å². The van der Waals surface area contributed by atoms with Gasteiger partial charge in [-0.05, 0) is 32.0 Å². The molecule has 0 spiro atoms. The molecule has 1 aromatic carbocycles. The maximum atomic E-state index is 12.1. The number of anilines is 2. The Morgan fingerprint density at radius 3 is 2.88 bits per heavy atom. The van der Waals surface area contributed by atoms with Crippen LogP contribution in [0.15, 0.2) is 29.8 Å². The first-order valence-electron chi connectivity index (χ1n) is 7.81. The second-order valence-electron chi connectivity index (χ2n) is 5.34. The first-order valence-corrected chi connectivity index (χ1v) is 8.69. The van der Waals surface area contributed by atoms with Gasteiger partial charge in [0.1, 0.15) is 5.82 Å². The van der Waals surface area contributed by atoms with Crippen LogP contribution in [-0.4, -0.2) is 35.0 Å². The summed E-state index contributed by atoms with van der Waals surface area (Å²) in [5, 5.41) is 10.0. The molecule has 130 valence electrons. The zero-order valence-corrected chi connectivity index (χ0v) is 14.7. The number of aromatic nitrogens is 2. The summed E-state index contributed by atoms with van der Waals surface area (Å²) >= 11 is 1.43. The summed E-state index contributed by atoms with van der Waals surface area (Å²) in [6.45, 7) is 4.11. The van der Waals surface area contributed by atoms with Gasteiger partial charge in [-0.3, -0.25) is 4.79 Å². The predicted molar refractivity (Wildman–Crippen MR) is 98.2 cm³/mol. The van der Waals surface area contributed by atoms with Crippen molar-refractivity contribution in [3.8, 4) is 0 Å². The van der Waals surface area contributed by atoms with E-state index in [1.165, 1.54) is 11.3 Å². The molecule has 0 unspecified atom stereocenters. The van der Waals surface area contributed by atoms with E-state index >= 15 is 0 Å². The van der Waals surface area contributed by atoms with E-state index in [-0.39, 0.29) is 18.4 Å². The minimum atomic E-state index is -0.358. The molecular weight excluding hydrogens is 340 g/mol. The number of carbonyl (C=O) groups is 2. The zero-order valence-electron chi connectivity index (χ0n) is 13.9. The molecule has 2 heterocycles. The number of benzene rings is 1.